The molecule has 0 spiro atoms. The van der Waals surface area contributed by atoms with Crippen molar-refractivity contribution in [2.75, 3.05) is 5.75 Å². The van der Waals surface area contributed by atoms with E-state index < -0.39 is 16.9 Å². The molecule has 5 nitrogen and oxygen atoms in total. The number of nitrogens with two attached hydrogens (primary N) is 1. The van der Waals surface area contributed by atoms with Gasteiger partial charge in [0, 0.05) is 28.7 Å². The number of carbonyl (C=O) groups is 2. The van der Waals surface area contributed by atoms with Crippen molar-refractivity contribution in [2.45, 2.75) is 39.2 Å². The predicted octanol–water partition coefficient (Wildman–Crippen LogP) is 4.15. The number of amidine groups is 1. The number of primary amides is 1. The lowest BCUT2D eigenvalue weighted by atomic mass is 9.66. The van der Waals surface area contributed by atoms with Gasteiger partial charge in [0.05, 0.1) is 5.54 Å². The highest BCUT2D eigenvalue weighted by molar-refractivity contribution is 8.13. The lowest BCUT2D eigenvalue weighted by molar-refractivity contribution is -0.118. The maximum absolute atomic E-state index is 15.0. The standard InChI is InChI=1S/C23H26FN3O2S/c1-15-9-10-17(18(24)13-15)23(3)22(2,12-11-19(25)28)14-30-21(27-23)26-20(29)16-7-5-4-6-8-16/h4-10,13H,11-12,14H2,1-3H3,(H2,25,28)(H,26,27,29)/t22-,23+/m0/s1. The van der Waals surface area contributed by atoms with Crippen LogP contribution in [-0.4, -0.2) is 22.7 Å². The topological polar surface area (TPSA) is 84.6 Å². The number of carbonyl (C=O) groups excluding carboxylic acids is 2. The lowest BCUT2D eigenvalue weighted by Crippen LogP contribution is -2.48. The van der Waals surface area contributed by atoms with Crippen LogP contribution < -0.4 is 11.1 Å². The zero-order valence-corrected chi connectivity index (χ0v) is 18.2. The molecule has 0 aliphatic carbocycles. The first kappa shape index (κ1) is 22.0. The quantitative estimate of drug-likeness (QED) is 0.752. The van der Waals surface area contributed by atoms with Gasteiger partial charge in [-0.2, -0.15) is 0 Å². The Kier molecular flexibility index (Phi) is 6.31. The van der Waals surface area contributed by atoms with Crippen LogP contribution in [0.4, 0.5) is 4.39 Å². The monoisotopic (exact) mass is 427 g/mol. The number of hydrogen-bond donors (Lipinski definition) is 2. The van der Waals surface area contributed by atoms with E-state index in [1.165, 1.54) is 17.8 Å². The van der Waals surface area contributed by atoms with Gasteiger partial charge < -0.3 is 11.1 Å². The van der Waals surface area contributed by atoms with E-state index in [-0.39, 0.29) is 18.1 Å². The molecule has 3 N–H and O–H groups in total. The van der Waals surface area contributed by atoms with Crippen LogP contribution in [0.25, 0.3) is 0 Å². The maximum Gasteiger partial charge on any atom is 0.257 e. The normalized spacial score (nSPS) is 23.5. The molecule has 158 valence electrons. The first-order valence-corrected chi connectivity index (χ1v) is 10.8. The Bertz CT molecular complexity index is 995. The summed E-state index contributed by atoms with van der Waals surface area (Å²) in [6.45, 7) is 5.67. The second-order valence-corrected chi connectivity index (χ2v) is 9.07. The molecule has 0 saturated carbocycles. The molecular weight excluding hydrogens is 401 g/mol. The number of halogens is 1. The Balaban J connectivity index is 2.01. The number of thioether (sulfide) groups is 1. The van der Waals surface area contributed by atoms with E-state index in [0.717, 1.165) is 5.56 Å². The smallest absolute Gasteiger partial charge is 0.257 e. The van der Waals surface area contributed by atoms with Gasteiger partial charge in [-0.05, 0) is 44.0 Å². The van der Waals surface area contributed by atoms with Crippen LogP contribution in [0, 0.1) is 18.2 Å². The summed E-state index contributed by atoms with van der Waals surface area (Å²) in [4.78, 5) is 28.9. The molecule has 30 heavy (non-hydrogen) atoms. The van der Waals surface area contributed by atoms with Gasteiger partial charge in [-0.3, -0.25) is 14.6 Å². The maximum atomic E-state index is 15.0. The van der Waals surface area contributed by atoms with Crippen molar-refractivity contribution >= 4 is 28.7 Å². The summed E-state index contributed by atoms with van der Waals surface area (Å²) < 4.78 is 15.0. The van der Waals surface area contributed by atoms with E-state index in [4.69, 9.17) is 10.7 Å². The van der Waals surface area contributed by atoms with Crippen molar-refractivity contribution in [1.29, 1.82) is 0 Å². The Morgan fingerprint density at radius 3 is 2.53 bits per heavy atom. The number of amides is 2. The number of nitrogens with zero attached hydrogens (tertiary/aromatic N) is 1. The summed E-state index contributed by atoms with van der Waals surface area (Å²) in [7, 11) is 0. The number of hydrogen-bond acceptors (Lipinski definition) is 4. The molecule has 3 rings (SSSR count). The Morgan fingerprint density at radius 1 is 1.20 bits per heavy atom. The van der Waals surface area contributed by atoms with Crippen LogP contribution in [0.15, 0.2) is 53.5 Å². The van der Waals surface area contributed by atoms with Crippen LogP contribution in [0.1, 0.15) is 48.2 Å². The molecule has 0 radical (unpaired) electrons. The molecule has 7 heteroatoms. The molecule has 1 aliphatic heterocycles. The van der Waals surface area contributed by atoms with Gasteiger partial charge in [-0.15, -0.1) is 0 Å². The van der Waals surface area contributed by atoms with E-state index in [0.29, 0.717) is 28.5 Å². The van der Waals surface area contributed by atoms with Crippen LogP contribution in [-0.2, 0) is 10.3 Å². The molecule has 2 atom stereocenters. The zero-order valence-electron chi connectivity index (χ0n) is 17.4. The number of benzene rings is 2. The molecule has 0 aromatic heterocycles. The molecule has 2 aromatic carbocycles. The van der Waals surface area contributed by atoms with Gasteiger partial charge in [-0.25, -0.2) is 4.39 Å². The second kappa shape index (κ2) is 8.60. The molecular formula is C23H26FN3O2S. The fourth-order valence-electron chi connectivity index (χ4n) is 3.68. The molecule has 1 heterocycles. The van der Waals surface area contributed by atoms with E-state index in [2.05, 4.69) is 5.32 Å². The molecule has 2 amide bonds. The summed E-state index contributed by atoms with van der Waals surface area (Å²) >= 11 is 1.39. The van der Waals surface area contributed by atoms with Gasteiger partial charge in [0.2, 0.25) is 5.91 Å². The van der Waals surface area contributed by atoms with Gasteiger partial charge in [0.1, 0.15) is 5.82 Å². The molecule has 0 saturated heterocycles. The summed E-state index contributed by atoms with van der Waals surface area (Å²) in [5.41, 5.74) is 5.64. The molecule has 2 aromatic rings. The average Bonchev–Trinajstić information content (AvgIpc) is 2.70. The highest BCUT2D eigenvalue weighted by Gasteiger charge is 2.50. The summed E-state index contributed by atoms with van der Waals surface area (Å²) in [5.74, 6) is -0.473. The first-order chi connectivity index (χ1) is 14.1. The Morgan fingerprint density at radius 2 is 1.90 bits per heavy atom. The van der Waals surface area contributed by atoms with E-state index in [9.17, 15) is 9.59 Å². The van der Waals surface area contributed by atoms with Crippen molar-refractivity contribution in [3.8, 4) is 0 Å². The first-order valence-electron chi connectivity index (χ1n) is 9.79. The zero-order chi connectivity index (χ0) is 21.9. The van der Waals surface area contributed by atoms with Crippen LogP contribution in [0.3, 0.4) is 0 Å². The third-order valence-corrected chi connectivity index (χ3v) is 7.10. The number of aryl methyl sites for hydroxylation is 1. The van der Waals surface area contributed by atoms with Gasteiger partial charge in [0.15, 0.2) is 5.17 Å². The third kappa shape index (κ3) is 4.41. The average molecular weight is 428 g/mol. The SMILES string of the molecule is Cc1ccc([C@@]2(C)N=C(NC(=O)c3ccccc3)SC[C@]2(C)CCC(N)=O)c(F)c1. The Hall–Kier alpha value is -2.67. The van der Waals surface area contributed by atoms with Crippen molar-refractivity contribution in [3.05, 3.63) is 71.0 Å². The fourth-order valence-corrected chi connectivity index (χ4v) is 4.97. The number of nitrogens with one attached hydrogen (secondary N) is 1. The molecule has 0 fully saturated rings. The highest BCUT2D eigenvalue weighted by atomic mass is 32.2. The third-order valence-electron chi connectivity index (χ3n) is 5.86. The molecule has 0 bridgehead atoms. The minimum atomic E-state index is -0.981. The van der Waals surface area contributed by atoms with Crippen molar-refractivity contribution in [2.24, 2.45) is 16.1 Å². The molecule has 1 aliphatic rings. The van der Waals surface area contributed by atoms with Crippen molar-refractivity contribution < 1.29 is 14.0 Å². The fraction of sp³-hybridized carbons (Fsp3) is 0.348. The van der Waals surface area contributed by atoms with Gasteiger partial charge in [0.25, 0.3) is 5.91 Å². The Labute approximate surface area is 180 Å². The van der Waals surface area contributed by atoms with E-state index in [1.54, 1.807) is 30.3 Å². The predicted molar refractivity (Wildman–Crippen MR) is 119 cm³/mol. The van der Waals surface area contributed by atoms with Crippen LogP contribution >= 0.6 is 11.8 Å². The summed E-state index contributed by atoms with van der Waals surface area (Å²) in [6.07, 6.45) is 0.643. The summed E-state index contributed by atoms with van der Waals surface area (Å²) in [6, 6.07) is 13.9. The summed E-state index contributed by atoms with van der Waals surface area (Å²) in [5, 5.41) is 3.29. The largest absolute Gasteiger partial charge is 0.370 e. The molecule has 0 unspecified atom stereocenters. The van der Waals surface area contributed by atoms with Crippen molar-refractivity contribution in [1.82, 2.24) is 5.32 Å². The minimum Gasteiger partial charge on any atom is -0.370 e. The van der Waals surface area contributed by atoms with Crippen LogP contribution in [0.2, 0.25) is 0 Å². The number of aliphatic imine (C=N–C) groups is 1. The number of rotatable bonds is 5. The van der Waals surface area contributed by atoms with Crippen molar-refractivity contribution in [3.63, 3.8) is 0 Å². The van der Waals surface area contributed by atoms with Gasteiger partial charge in [-0.1, -0.05) is 49.0 Å². The second-order valence-electron chi connectivity index (χ2n) is 8.11. The van der Waals surface area contributed by atoms with E-state index in [1.807, 2.05) is 32.9 Å². The lowest BCUT2D eigenvalue weighted by Gasteiger charge is -2.47. The van der Waals surface area contributed by atoms with Crippen LogP contribution in [0.5, 0.6) is 0 Å². The highest BCUT2D eigenvalue weighted by Crippen LogP contribution is 2.51. The minimum absolute atomic E-state index is 0.182. The van der Waals surface area contributed by atoms with Gasteiger partial charge >= 0.3 is 0 Å². The van der Waals surface area contributed by atoms with E-state index >= 15 is 4.39 Å².